The third-order valence-electron chi connectivity index (χ3n) is 4.95. The molecule has 26 heavy (non-hydrogen) atoms. The van der Waals surface area contributed by atoms with Crippen molar-refractivity contribution in [3.63, 3.8) is 0 Å². The van der Waals surface area contributed by atoms with Gasteiger partial charge in [0.05, 0.1) is 23.1 Å². The van der Waals surface area contributed by atoms with Crippen LogP contribution in [0.5, 0.6) is 5.75 Å². The van der Waals surface area contributed by atoms with E-state index in [0.717, 1.165) is 44.5 Å². The number of aromatic hydroxyl groups is 1. The second-order valence-electron chi connectivity index (χ2n) is 7.02. The molecule has 1 aliphatic rings. The van der Waals surface area contributed by atoms with E-state index in [1.807, 2.05) is 17.2 Å². The fraction of sp³-hybridized carbons (Fsp3) is 0.550. The Kier molecular flexibility index (Phi) is 6.26. The van der Waals surface area contributed by atoms with E-state index in [0.29, 0.717) is 11.3 Å². The average Bonchev–Trinajstić information content (AvgIpc) is 3.14. The van der Waals surface area contributed by atoms with Gasteiger partial charge in [-0.3, -0.25) is 4.79 Å². The number of phenols is 1. The van der Waals surface area contributed by atoms with Crippen molar-refractivity contribution in [2.45, 2.75) is 58.3 Å². The van der Waals surface area contributed by atoms with E-state index in [-0.39, 0.29) is 11.7 Å². The van der Waals surface area contributed by atoms with Crippen molar-refractivity contribution in [2.24, 2.45) is 0 Å². The lowest BCUT2D eigenvalue weighted by atomic mass is 10.1. The number of rotatable bonds is 7. The maximum Gasteiger partial charge on any atom is 0.257 e. The third-order valence-corrected chi connectivity index (χ3v) is 4.95. The first-order valence-corrected chi connectivity index (χ1v) is 9.73. The van der Waals surface area contributed by atoms with Crippen molar-refractivity contribution in [3.05, 3.63) is 35.7 Å². The molecule has 6 nitrogen and oxygen atoms in total. The maximum absolute atomic E-state index is 12.6. The number of amides is 1. The second kappa shape index (κ2) is 8.83. The Morgan fingerprint density at radius 1 is 1.15 bits per heavy atom. The highest BCUT2D eigenvalue weighted by Crippen LogP contribution is 2.24. The molecule has 0 saturated carbocycles. The number of aryl methyl sites for hydroxylation is 1. The number of nitrogens with zero attached hydrogens (tertiary/aromatic N) is 4. The number of carbonyl (C=O) groups is 1. The molecule has 0 spiro atoms. The van der Waals surface area contributed by atoms with Gasteiger partial charge in [0.1, 0.15) is 5.75 Å². The lowest BCUT2D eigenvalue weighted by Gasteiger charge is -2.27. The summed E-state index contributed by atoms with van der Waals surface area (Å²) in [4.78, 5) is 14.4. The van der Waals surface area contributed by atoms with Crippen molar-refractivity contribution in [2.75, 3.05) is 13.1 Å². The van der Waals surface area contributed by atoms with Crippen LogP contribution < -0.4 is 0 Å². The molecule has 0 atom stereocenters. The predicted octanol–water partition coefficient (Wildman–Crippen LogP) is 3.72. The van der Waals surface area contributed by atoms with Gasteiger partial charge in [0.2, 0.25) is 0 Å². The van der Waals surface area contributed by atoms with Gasteiger partial charge in [0.25, 0.3) is 5.91 Å². The highest BCUT2D eigenvalue weighted by Gasteiger charge is 2.21. The van der Waals surface area contributed by atoms with Crippen molar-refractivity contribution < 1.29 is 9.90 Å². The Hall–Kier alpha value is -2.37. The highest BCUT2D eigenvalue weighted by atomic mass is 16.3. The maximum atomic E-state index is 12.6. The van der Waals surface area contributed by atoms with Crippen LogP contribution in [-0.2, 0) is 6.42 Å². The average molecular weight is 356 g/mol. The Labute approximate surface area is 154 Å². The minimum absolute atomic E-state index is 0.00179. The van der Waals surface area contributed by atoms with Crippen LogP contribution in [0.4, 0.5) is 0 Å². The highest BCUT2D eigenvalue weighted by molar-refractivity contribution is 5.97. The zero-order chi connectivity index (χ0) is 18.4. The second-order valence-corrected chi connectivity index (χ2v) is 7.02. The molecule has 0 radical (unpaired) electrons. The molecule has 2 heterocycles. The van der Waals surface area contributed by atoms with Crippen molar-refractivity contribution in [1.82, 2.24) is 19.9 Å². The number of benzene rings is 1. The van der Waals surface area contributed by atoms with Crippen molar-refractivity contribution >= 4 is 5.91 Å². The van der Waals surface area contributed by atoms with Gasteiger partial charge in [-0.1, -0.05) is 31.4 Å². The Morgan fingerprint density at radius 3 is 2.69 bits per heavy atom. The van der Waals surface area contributed by atoms with Crippen LogP contribution in [0.1, 0.15) is 67.9 Å². The molecule has 0 bridgehead atoms. The largest absolute Gasteiger partial charge is 0.507 e. The quantitative estimate of drug-likeness (QED) is 0.768. The Balaban J connectivity index is 1.67. The molecule has 0 unspecified atom stereocenters. The standard InChI is InChI=1S/C20H28N4O2/c1-2-3-4-6-9-16-15-24(22-21-16)17-10-11-18(19(25)14-17)20(26)23-12-7-5-8-13-23/h10-11,14-15,25H,2-9,12-13H2,1H3. The lowest BCUT2D eigenvalue weighted by Crippen LogP contribution is -2.35. The molecule has 0 aliphatic carbocycles. The van der Waals surface area contributed by atoms with Gasteiger partial charge in [-0.2, -0.15) is 0 Å². The number of phenolic OH excluding ortho intramolecular Hbond substituents is 1. The topological polar surface area (TPSA) is 71.2 Å². The molecule has 1 aromatic carbocycles. The van der Waals surface area contributed by atoms with E-state index >= 15 is 0 Å². The normalized spacial score (nSPS) is 14.6. The summed E-state index contributed by atoms with van der Waals surface area (Å²) in [6.07, 6.45) is 10.8. The van der Waals surface area contributed by atoms with Gasteiger partial charge in [0.15, 0.2) is 0 Å². The molecule has 1 N–H and O–H groups in total. The van der Waals surface area contributed by atoms with Gasteiger partial charge in [-0.05, 0) is 44.2 Å². The molecule has 1 saturated heterocycles. The third kappa shape index (κ3) is 4.42. The van der Waals surface area contributed by atoms with Gasteiger partial charge in [0, 0.05) is 19.2 Å². The van der Waals surface area contributed by atoms with E-state index in [2.05, 4.69) is 17.2 Å². The predicted molar refractivity (Wildman–Crippen MR) is 101 cm³/mol. The molecule has 1 aromatic heterocycles. The Bertz CT molecular complexity index is 735. The summed E-state index contributed by atoms with van der Waals surface area (Å²) in [7, 11) is 0. The molecule has 1 fully saturated rings. The molecule has 1 amide bonds. The fourth-order valence-corrected chi connectivity index (χ4v) is 3.38. The van der Waals surface area contributed by atoms with Crippen LogP contribution in [0, 0.1) is 0 Å². The number of aromatic nitrogens is 3. The van der Waals surface area contributed by atoms with Crippen molar-refractivity contribution in [1.29, 1.82) is 0 Å². The molecular formula is C20H28N4O2. The van der Waals surface area contributed by atoms with Crippen molar-refractivity contribution in [3.8, 4) is 11.4 Å². The number of hydrogen-bond acceptors (Lipinski definition) is 4. The minimum Gasteiger partial charge on any atom is -0.507 e. The minimum atomic E-state index is -0.0936. The number of likely N-dealkylation sites (tertiary alicyclic amines) is 1. The zero-order valence-electron chi connectivity index (χ0n) is 15.5. The summed E-state index contributed by atoms with van der Waals surface area (Å²) in [5, 5.41) is 18.7. The van der Waals surface area contributed by atoms with E-state index in [4.69, 9.17) is 0 Å². The smallest absolute Gasteiger partial charge is 0.257 e. The first-order chi connectivity index (χ1) is 12.7. The van der Waals surface area contributed by atoms with Gasteiger partial charge < -0.3 is 10.0 Å². The van der Waals surface area contributed by atoms with Gasteiger partial charge in [-0.25, -0.2) is 4.68 Å². The molecule has 3 rings (SSSR count). The summed E-state index contributed by atoms with van der Waals surface area (Å²) in [6, 6.07) is 5.09. The number of carbonyl (C=O) groups excluding carboxylic acids is 1. The molecule has 2 aromatic rings. The first kappa shape index (κ1) is 18.4. The summed E-state index contributed by atoms with van der Waals surface area (Å²) in [6.45, 7) is 3.73. The monoisotopic (exact) mass is 356 g/mol. The zero-order valence-corrected chi connectivity index (χ0v) is 15.5. The van der Waals surface area contributed by atoms with Crippen LogP contribution >= 0.6 is 0 Å². The van der Waals surface area contributed by atoms with E-state index in [9.17, 15) is 9.90 Å². The summed E-state index contributed by atoms with van der Waals surface area (Å²) in [5.74, 6) is -0.0953. The summed E-state index contributed by atoms with van der Waals surface area (Å²) in [5.41, 5.74) is 2.02. The van der Waals surface area contributed by atoms with E-state index in [1.54, 1.807) is 16.8 Å². The fourth-order valence-electron chi connectivity index (χ4n) is 3.38. The van der Waals surface area contributed by atoms with Crippen LogP contribution in [0.25, 0.3) is 5.69 Å². The molecule has 1 aliphatic heterocycles. The Morgan fingerprint density at radius 2 is 1.96 bits per heavy atom. The van der Waals surface area contributed by atoms with E-state index < -0.39 is 0 Å². The number of piperidine rings is 1. The van der Waals surface area contributed by atoms with Crippen LogP contribution in [-0.4, -0.2) is 44.0 Å². The lowest BCUT2D eigenvalue weighted by molar-refractivity contribution is 0.0721. The first-order valence-electron chi connectivity index (χ1n) is 9.73. The van der Waals surface area contributed by atoms with E-state index in [1.165, 1.54) is 25.7 Å². The number of hydrogen-bond donors (Lipinski definition) is 1. The summed E-state index contributed by atoms with van der Waals surface area (Å²) >= 11 is 0. The molecule has 6 heteroatoms. The number of unbranched alkanes of at least 4 members (excludes halogenated alkanes) is 3. The van der Waals surface area contributed by atoms with Gasteiger partial charge >= 0.3 is 0 Å². The van der Waals surface area contributed by atoms with Crippen LogP contribution in [0.15, 0.2) is 24.4 Å². The SMILES string of the molecule is CCCCCCc1cn(-c2ccc(C(=O)N3CCCCC3)c(O)c2)nn1. The summed E-state index contributed by atoms with van der Waals surface area (Å²) < 4.78 is 1.66. The van der Waals surface area contributed by atoms with Crippen LogP contribution in [0.2, 0.25) is 0 Å². The molecule has 140 valence electrons. The molecular weight excluding hydrogens is 328 g/mol. The van der Waals surface area contributed by atoms with Gasteiger partial charge in [-0.15, -0.1) is 5.10 Å². The van der Waals surface area contributed by atoms with Crippen LogP contribution in [0.3, 0.4) is 0 Å².